The number of hydrogen-bond acceptors (Lipinski definition) is 5. The van der Waals surface area contributed by atoms with Gasteiger partial charge in [0.1, 0.15) is 0 Å². The summed E-state index contributed by atoms with van der Waals surface area (Å²) in [5.41, 5.74) is 3.72. The van der Waals surface area contributed by atoms with Gasteiger partial charge in [0.2, 0.25) is 0 Å². The van der Waals surface area contributed by atoms with Crippen LogP contribution in [-0.2, 0) is 6.54 Å². The minimum absolute atomic E-state index is 0.0421. The summed E-state index contributed by atoms with van der Waals surface area (Å²) in [6.07, 6.45) is 1.88. The molecule has 1 N–H and O–H groups in total. The number of amides is 1. The number of pyridine rings is 1. The van der Waals surface area contributed by atoms with E-state index in [-0.39, 0.29) is 22.4 Å². The number of nitrogens with zero attached hydrogens (tertiary/aromatic N) is 3. The smallest absolute Gasteiger partial charge is 0.269 e. The minimum Gasteiger partial charge on any atom is -0.352 e. The lowest BCUT2D eigenvalue weighted by atomic mass is 9.89. The van der Waals surface area contributed by atoms with Crippen molar-refractivity contribution in [2.75, 3.05) is 19.6 Å². The molecule has 1 fully saturated rings. The van der Waals surface area contributed by atoms with Crippen molar-refractivity contribution >= 4 is 11.6 Å². The fourth-order valence-corrected chi connectivity index (χ4v) is 3.82. The molecular formula is C23H30N4O3. The Balaban J connectivity index is 1.63. The molecule has 1 aliphatic heterocycles. The first-order valence-electron chi connectivity index (χ1n) is 10.5. The maximum Gasteiger partial charge on any atom is 0.269 e. The van der Waals surface area contributed by atoms with Gasteiger partial charge in [0.05, 0.1) is 16.2 Å². The number of likely N-dealkylation sites (tertiary alicyclic amines) is 1. The van der Waals surface area contributed by atoms with E-state index in [2.05, 4.69) is 24.1 Å². The third-order valence-corrected chi connectivity index (χ3v) is 5.51. The SMILES string of the molecule is Cc1ccc(C(=O)NCC(C)C)c(C2CCN(Cc3ccc([N+](=O)[O-])cc3)CC2)n1. The summed E-state index contributed by atoms with van der Waals surface area (Å²) in [6, 6.07) is 10.6. The van der Waals surface area contributed by atoms with Crippen molar-refractivity contribution in [1.82, 2.24) is 15.2 Å². The average molecular weight is 411 g/mol. The van der Waals surface area contributed by atoms with Crippen LogP contribution < -0.4 is 5.32 Å². The number of carbonyl (C=O) groups excluding carboxylic acids is 1. The first-order chi connectivity index (χ1) is 14.3. The van der Waals surface area contributed by atoms with Gasteiger partial charge in [-0.1, -0.05) is 26.0 Å². The molecule has 1 aromatic heterocycles. The lowest BCUT2D eigenvalue weighted by Crippen LogP contribution is -2.34. The average Bonchev–Trinajstić information content (AvgIpc) is 2.73. The van der Waals surface area contributed by atoms with Gasteiger partial charge in [-0.15, -0.1) is 0 Å². The van der Waals surface area contributed by atoms with Crippen molar-refractivity contribution in [1.29, 1.82) is 0 Å². The zero-order valence-corrected chi connectivity index (χ0v) is 17.9. The number of carbonyl (C=O) groups is 1. The van der Waals surface area contributed by atoms with Crippen LogP contribution in [0.2, 0.25) is 0 Å². The summed E-state index contributed by atoms with van der Waals surface area (Å²) in [5, 5.41) is 13.8. The first kappa shape index (κ1) is 21.9. The second kappa shape index (κ2) is 9.80. The van der Waals surface area contributed by atoms with Crippen LogP contribution >= 0.6 is 0 Å². The minimum atomic E-state index is -0.376. The number of hydrogen-bond donors (Lipinski definition) is 1. The third kappa shape index (κ3) is 5.63. The fraction of sp³-hybridized carbons (Fsp3) is 0.478. The molecule has 30 heavy (non-hydrogen) atoms. The summed E-state index contributed by atoms with van der Waals surface area (Å²) >= 11 is 0. The van der Waals surface area contributed by atoms with E-state index in [0.717, 1.165) is 49.4 Å². The van der Waals surface area contributed by atoms with Crippen LogP contribution in [0, 0.1) is 23.0 Å². The zero-order chi connectivity index (χ0) is 21.7. The van der Waals surface area contributed by atoms with Crippen molar-refractivity contribution in [3.8, 4) is 0 Å². The van der Waals surface area contributed by atoms with Gasteiger partial charge in [-0.2, -0.15) is 0 Å². The highest BCUT2D eigenvalue weighted by Crippen LogP contribution is 2.30. The summed E-state index contributed by atoms with van der Waals surface area (Å²) in [6.45, 7) is 9.36. The van der Waals surface area contributed by atoms with Crippen LogP contribution in [0.3, 0.4) is 0 Å². The highest BCUT2D eigenvalue weighted by atomic mass is 16.6. The number of nitro groups is 1. The van der Waals surface area contributed by atoms with E-state index in [1.165, 1.54) is 0 Å². The Bertz CT molecular complexity index is 888. The van der Waals surface area contributed by atoms with Crippen LogP contribution in [0.5, 0.6) is 0 Å². The molecule has 0 unspecified atom stereocenters. The molecule has 0 atom stereocenters. The summed E-state index contributed by atoms with van der Waals surface area (Å²) < 4.78 is 0. The van der Waals surface area contributed by atoms with Crippen LogP contribution in [0.15, 0.2) is 36.4 Å². The van der Waals surface area contributed by atoms with Crippen LogP contribution in [0.25, 0.3) is 0 Å². The number of piperidine rings is 1. The van der Waals surface area contributed by atoms with E-state index >= 15 is 0 Å². The molecule has 1 aliphatic rings. The van der Waals surface area contributed by atoms with Crippen LogP contribution in [0.1, 0.15) is 59.9 Å². The van der Waals surface area contributed by atoms with Gasteiger partial charge in [-0.3, -0.25) is 24.8 Å². The monoisotopic (exact) mass is 410 g/mol. The topological polar surface area (TPSA) is 88.4 Å². The quantitative estimate of drug-likeness (QED) is 0.549. The maximum absolute atomic E-state index is 12.7. The fourth-order valence-electron chi connectivity index (χ4n) is 3.82. The molecule has 0 radical (unpaired) electrons. The number of rotatable bonds is 7. The lowest BCUT2D eigenvalue weighted by molar-refractivity contribution is -0.384. The van der Waals surface area contributed by atoms with E-state index in [1.807, 2.05) is 31.2 Å². The van der Waals surface area contributed by atoms with E-state index in [9.17, 15) is 14.9 Å². The van der Waals surface area contributed by atoms with Gasteiger partial charge in [0.15, 0.2) is 0 Å². The Morgan fingerprint density at radius 2 is 1.87 bits per heavy atom. The number of nitro benzene ring substituents is 1. The van der Waals surface area contributed by atoms with Crippen molar-refractivity contribution < 1.29 is 9.72 Å². The molecule has 7 heteroatoms. The first-order valence-corrected chi connectivity index (χ1v) is 10.5. The molecule has 0 saturated carbocycles. The highest BCUT2D eigenvalue weighted by molar-refractivity contribution is 5.95. The van der Waals surface area contributed by atoms with Crippen molar-refractivity contribution in [3.05, 3.63) is 69.0 Å². The van der Waals surface area contributed by atoms with Gasteiger partial charge in [0.25, 0.3) is 11.6 Å². The Morgan fingerprint density at radius 1 is 1.20 bits per heavy atom. The van der Waals surface area contributed by atoms with Crippen molar-refractivity contribution in [2.24, 2.45) is 5.92 Å². The van der Waals surface area contributed by atoms with Crippen LogP contribution in [0.4, 0.5) is 5.69 Å². The molecule has 1 aromatic carbocycles. The predicted molar refractivity (Wildman–Crippen MR) is 116 cm³/mol. The van der Waals surface area contributed by atoms with Gasteiger partial charge in [-0.25, -0.2) is 0 Å². The lowest BCUT2D eigenvalue weighted by Gasteiger charge is -2.32. The normalized spacial score (nSPS) is 15.3. The summed E-state index contributed by atoms with van der Waals surface area (Å²) in [5.74, 6) is 0.621. The van der Waals surface area contributed by atoms with Gasteiger partial charge in [-0.05, 0) is 56.5 Å². The summed E-state index contributed by atoms with van der Waals surface area (Å²) in [4.78, 5) is 30.2. The van der Waals surface area contributed by atoms with Gasteiger partial charge in [0, 0.05) is 36.8 Å². The standard InChI is InChI=1S/C23H30N4O3/c1-16(2)14-24-23(28)21-9-4-17(3)25-22(21)19-10-12-26(13-11-19)15-18-5-7-20(8-6-18)27(29)30/h4-9,16,19H,10-15H2,1-3H3,(H,24,28). The zero-order valence-electron chi connectivity index (χ0n) is 17.9. The molecule has 1 saturated heterocycles. The molecule has 0 bridgehead atoms. The second-order valence-corrected chi connectivity index (χ2v) is 8.46. The molecule has 1 amide bonds. The summed E-state index contributed by atoms with van der Waals surface area (Å²) in [7, 11) is 0. The molecule has 2 aromatic rings. The van der Waals surface area contributed by atoms with E-state index in [1.54, 1.807) is 12.1 Å². The van der Waals surface area contributed by atoms with Gasteiger partial charge >= 0.3 is 0 Å². The third-order valence-electron chi connectivity index (χ3n) is 5.51. The molecule has 2 heterocycles. The number of non-ortho nitro benzene ring substituents is 1. The van der Waals surface area contributed by atoms with Gasteiger partial charge < -0.3 is 5.32 Å². The van der Waals surface area contributed by atoms with E-state index in [4.69, 9.17) is 4.98 Å². The Hall–Kier alpha value is -2.80. The number of aryl methyl sites for hydroxylation is 1. The molecular weight excluding hydrogens is 380 g/mol. The van der Waals surface area contributed by atoms with E-state index < -0.39 is 0 Å². The second-order valence-electron chi connectivity index (χ2n) is 8.46. The molecule has 7 nitrogen and oxygen atoms in total. The predicted octanol–water partition coefficient (Wildman–Crippen LogP) is 4.06. The highest BCUT2D eigenvalue weighted by Gasteiger charge is 2.26. The van der Waals surface area contributed by atoms with E-state index in [0.29, 0.717) is 18.0 Å². The Morgan fingerprint density at radius 3 is 2.47 bits per heavy atom. The number of nitrogens with one attached hydrogen (secondary N) is 1. The Labute approximate surface area is 177 Å². The largest absolute Gasteiger partial charge is 0.352 e. The molecule has 0 spiro atoms. The van der Waals surface area contributed by atoms with Crippen molar-refractivity contribution in [2.45, 2.75) is 46.1 Å². The molecule has 3 rings (SSSR count). The maximum atomic E-state index is 12.7. The van der Waals surface area contributed by atoms with Crippen LogP contribution in [-0.4, -0.2) is 40.3 Å². The Kier molecular flexibility index (Phi) is 7.15. The molecule has 160 valence electrons. The molecule has 0 aliphatic carbocycles. The number of aromatic nitrogens is 1. The number of benzene rings is 1. The van der Waals surface area contributed by atoms with Crippen molar-refractivity contribution in [3.63, 3.8) is 0 Å².